The van der Waals surface area contributed by atoms with E-state index < -0.39 is 0 Å². The van der Waals surface area contributed by atoms with Crippen LogP contribution in [0, 0.1) is 0 Å². The van der Waals surface area contributed by atoms with Crippen molar-refractivity contribution in [2.45, 2.75) is 13.0 Å². The maximum atomic E-state index is 10.1. The van der Waals surface area contributed by atoms with Crippen molar-refractivity contribution < 1.29 is 14.6 Å². The molecule has 22 heavy (non-hydrogen) atoms. The molecule has 4 rings (SSSR count). The van der Waals surface area contributed by atoms with Gasteiger partial charge in [-0.1, -0.05) is 30.3 Å². The zero-order valence-corrected chi connectivity index (χ0v) is 12.0. The zero-order valence-electron chi connectivity index (χ0n) is 12.0. The molecule has 0 spiro atoms. The number of pyridine rings is 1. The van der Waals surface area contributed by atoms with Crippen molar-refractivity contribution >= 4 is 10.9 Å². The molecule has 0 amide bonds. The molecule has 1 N–H and O–H groups in total. The van der Waals surface area contributed by atoms with E-state index in [-0.39, 0.29) is 5.75 Å². The monoisotopic (exact) mass is 293 g/mol. The summed E-state index contributed by atoms with van der Waals surface area (Å²) in [5, 5.41) is 10.9. The number of aromatic hydroxyl groups is 1. The minimum atomic E-state index is 0.237. The molecular formula is C18H15NO3. The Labute approximate surface area is 128 Å². The average molecular weight is 293 g/mol. The summed E-state index contributed by atoms with van der Waals surface area (Å²) in [7, 11) is 0. The highest BCUT2D eigenvalue weighted by Gasteiger charge is 2.23. The van der Waals surface area contributed by atoms with Gasteiger partial charge in [-0.15, -0.1) is 0 Å². The SMILES string of the molecule is Oc1ccnc2cc(OCc3ccccc3)c3c(c12)CCO3. The molecule has 4 heteroatoms. The lowest BCUT2D eigenvalue weighted by molar-refractivity contribution is 0.277. The summed E-state index contributed by atoms with van der Waals surface area (Å²) in [6, 6.07) is 13.4. The van der Waals surface area contributed by atoms with Crippen molar-refractivity contribution in [2.24, 2.45) is 0 Å². The average Bonchev–Trinajstić information content (AvgIpc) is 3.03. The van der Waals surface area contributed by atoms with Gasteiger partial charge in [0.25, 0.3) is 0 Å². The second-order valence-corrected chi connectivity index (χ2v) is 5.28. The Kier molecular flexibility index (Phi) is 3.07. The number of ether oxygens (including phenoxy) is 2. The highest BCUT2D eigenvalue weighted by Crippen LogP contribution is 2.43. The van der Waals surface area contributed by atoms with Crippen LogP contribution >= 0.6 is 0 Å². The lowest BCUT2D eigenvalue weighted by Gasteiger charge is -2.13. The molecular weight excluding hydrogens is 278 g/mol. The van der Waals surface area contributed by atoms with Crippen LogP contribution in [0.15, 0.2) is 48.7 Å². The van der Waals surface area contributed by atoms with Crippen molar-refractivity contribution in [3.05, 3.63) is 59.8 Å². The van der Waals surface area contributed by atoms with Crippen LogP contribution in [-0.4, -0.2) is 16.7 Å². The van der Waals surface area contributed by atoms with Crippen molar-refractivity contribution in [2.75, 3.05) is 6.61 Å². The second kappa shape index (κ2) is 5.22. The van der Waals surface area contributed by atoms with E-state index in [0.717, 1.165) is 34.2 Å². The molecule has 0 saturated carbocycles. The smallest absolute Gasteiger partial charge is 0.165 e. The lowest BCUT2D eigenvalue weighted by atomic mass is 10.0. The molecule has 0 aliphatic carbocycles. The van der Waals surface area contributed by atoms with Crippen molar-refractivity contribution in [1.82, 2.24) is 4.98 Å². The summed E-state index contributed by atoms with van der Waals surface area (Å²) in [6.45, 7) is 1.07. The van der Waals surface area contributed by atoms with Gasteiger partial charge in [0.2, 0.25) is 0 Å². The minimum absolute atomic E-state index is 0.237. The van der Waals surface area contributed by atoms with Crippen molar-refractivity contribution in [3.63, 3.8) is 0 Å². The van der Waals surface area contributed by atoms with Crippen LogP contribution in [0.4, 0.5) is 0 Å². The van der Waals surface area contributed by atoms with Gasteiger partial charge in [-0.3, -0.25) is 4.98 Å². The van der Waals surface area contributed by atoms with Gasteiger partial charge in [-0.25, -0.2) is 0 Å². The number of hydrogen-bond acceptors (Lipinski definition) is 4. The van der Waals surface area contributed by atoms with Crippen molar-refractivity contribution in [3.8, 4) is 17.2 Å². The zero-order chi connectivity index (χ0) is 14.9. The first-order valence-corrected chi connectivity index (χ1v) is 7.26. The molecule has 0 atom stereocenters. The molecule has 1 aromatic heterocycles. The first kappa shape index (κ1) is 13.0. The number of nitrogens with zero attached hydrogens (tertiary/aromatic N) is 1. The number of aromatic nitrogens is 1. The molecule has 0 fully saturated rings. The molecule has 3 aromatic rings. The fourth-order valence-corrected chi connectivity index (χ4v) is 2.83. The van der Waals surface area contributed by atoms with Gasteiger partial charge < -0.3 is 14.6 Å². The Hall–Kier alpha value is -2.75. The predicted octanol–water partition coefficient (Wildman–Crippen LogP) is 3.45. The number of benzene rings is 2. The van der Waals surface area contributed by atoms with E-state index >= 15 is 0 Å². The van der Waals surface area contributed by atoms with Gasteiger partial charge in [-0.05, 0) is 11.6 Å². The highest BCUT2D eigenvalue weighted by atomic mass is 16.5. The van der Waals surface area contributed by atoms with Crippen LogP contribution in [0.5, 0.6) is 17.2 Å². The summed E-state index contributed by atoms with van der Waals surface area (Å²) in [4.78, 5) is 4.34. The molecule has 4 nitrogen and oxygen atoms in total. The maximum Gasteiger partial charge on any atom is 0.165 e. The third-order valence-electron chi connectivity index (χ3n) is 3.86. The first-order chi connectivity index (χ1) is 10.8. The molecule has 0 radical (unpaired) electrons. The number of hydrogen-bond donors (Lipinski definition) is 1. The fraction of sp³-hybridized carbons (Fsp3) is 0.167. The topological polar surface area (TPSA) is 51.6 Å². The van der Waals surface area contributed by atoms with E-state index in [1.54, 1.807) is 12.3 Å². The quantitative estimate of drug-likeness (QED) is 0.803. The molecule has 0 bridgehead atoms. The third kappa shape index (κ3) is 2.13. The molecule has 1 aliphatic heterocycles. The molecule has 1 aliphatic rings. The molecule has 2 aromatic carbocycles. The van der Waals surface area contributed by atoms with Gasteiger partial charge in [0.15, 0.2) is 11.5 Å². The van der Waals surface area contributed by atoms with Gasteiger partial charge in [-0.2, -0.15) is 0 Å². The number of fused-ring (bicyclic) bond motifs is 3. The fourth-order valence-electron chi connectivity index (χ4n) is 2.83. The third-order valence-corrected chi connectivity index (χ3v) is 3.86. The van der Waals surface area contributed by atoms with Gasteiger partial charge in [0, 0.05) is 29.6 Å². The summed E-state index contributed by atoms with van der Waals surface area (Å²) in [6.07, 6.45) is 2.36. The van der Waals surface area contributed by atoms with Crippen LogP contribution in [-0.2, 0) is 13.0 Å². The van der Waals surface area contributed by atoms with E-state index in [9.17, 15) is 5.11 Å². The van der Waals surface area contributed by atoms with Gasteiger partial charge in [0.1, 0.15) is 12.4 Å². The lowest BCUT2D eigenvalue weighted by Crippen LogP contribution is -1.98. The molecule has 0 saturated heterocycles. The summed E-state index contributed by atoms with van der Waals surface area (Å²) >= 11 is 0. The van der Waals surface area contributed by atoms with E-state index in [1.807, 2.05) is 36.4 Å². The maximum absolute atomic E-state index is 10.1. The summed E-state index contributed by atoms with van der Waals surface area (Å²) in [5.74, 6) is 1.65. The predicted molar refractivity (Wildman–Crippen MR) is 83.4 cm³/mol. The van der Waals surface area contributed by atoms with E-state index in [1.165, 1.54) is 0 Å². The van der Waals surface area contributed by atoms with Crippen LogP contribution < -0.4 is 9.47 Å². The Morgan fingerprint density at radius 3 is 2.91 bits per heavy atom. The van der Waals surface area contributed by atoms with Crippen LogP contribution in [0.2, 0.25) is 0 Å². The first-order valence-electron chi connectivity index (χ1n) is 7.26. The summed E-state index contributed by atoms with van der Waals surface area (Å²) in [5.41, 5.74) is 2.80. The van der Waals surface area contributed by atoms with Crippen molar-refractivity contribution in [1.29, 1.82) is 0 Å². The van der Waals surface area contributed by atoms with Crippen LogP contribution in [0.1, 0.15) is 11.1 Å². The highest BCUT2D eigenvalue weighted by molar-refractivity contribution is 5.92. The minimum Gasteiger partial charge on any atom is -0.507 e. The largest absolute Gasteiger partial charge is 0.507 e. The Bertz CT molecular complexity index is 831. The Morgan fingerprint density at radius 1 is 1.18 bits per heavy atom. The van der Waals surface area contributed by atoms with E-state index in [4.69, 9.17) is 9.47 Å². The Balaban J connectivity index is 1.75. The molecule has 2 heterocycles. The second-order valence-electron chi connectivity index (χ2n) is 5.28. The van der Waals surface area contributed by atoms with Crippen LogP contribution in [0.25, 0.3) is 10.9 Å². The van der Waals surface area contributed by atoms with Gasteiger partial charge >= 0.3 is 0 Å². The van der Waals surface area contributed by atoms with Crippen LogP contribution in [0.3, 0.4) is 0 Å². The molecule has 0 unspecified atom stereocenters. The number of rotatable bonds is 3. The molecule has 110 valence electrons. The van der Waals surface area contributed by atoms with Gasteiger partial charge in [0.05, 0.1) is 12.1 Å². The van der Waals surface area contributed by atoms with E-state index in [2.05, 4.69) is 4.98 Å². The Morgan fingerprint density at radius 2 is 2.05 bits per heavy atom. The standard InChI is InChI=1S/C18H15NO3/c20-15-6-8-19-14-10-16(18-13(17(14)15)7-9-21-18)22-11-12-4-2-1-3-5-12/h1-6,8,10H,7,9,11H2,(H,19,20). The normalized spacial score (nSPS) is 12.9. The van der Waals surface area contributed by atoms with E-state index in [0.29, 0.717) is 19.0 Å². The summed E-state index contributed by atoms with van der Waals surface area (Å²) < 4.78 is 11.7.